The highest BCUT2D eigenvalue weighted by atomic mass is 35.5. The van der Waals surface area contributed by atoms with Gasteiger partial charge in [0.05, 0.1) is 12.6 Å². The minimum Gasteiger partial charge on any atom is -0.374 e. The Morgan fingerprint density at radius 1 is 1.20 bits per heavy atom. The summed E-state index contributed by atoms with van der Waals surface area (Å²) >= 11 is 0. The van der Waals surface area contributed by atoms with Crippen LogP contribution < -0.4 is 5.73 Å². The minimum absolute atomic E-state index is 0. The average molecular weight is 460 g/mol. The molecule has 0 saturated carbocycles. The van der Waals surface area contributed by atoms with Crippen molar-refractivity contribution in [2.45, 2.75) is 38.5 Å². The van der Waals surface area contributed by atoms with E-state index in [1.807, 2.05) is 42.2 Å². The van der Waals surface area contributed by atoms with E-state index in [1.165, 1.54) is 0 Å². The van der Waals surface area contributed by atoms with E-state index < -0.39 is 6.04 Å². The van der Waals surface area contributed by atoms with Gasteiger partial charge in [-0.2, -0.15) is 4.98 Å². The summed E-state index contributed by atoms with van der Waals surface area (Å²) in [7, 11) is 1.61. The summed E-state index contributed by atoms with van der Waals surface area (Å²) in [5, 5.41) is 3.96. The molecule has 10 heteroatoms. The fourth-order valence-corrected chi connectivity index (χ4v) is 3.33. The zero-order valence-corrected chi connectivity index (χ0v) is 19.0. The lowest BCUT2D eigenvalue weighted by atomic mass is 10.1. The maximum atomic E-state index is 12.8. The van der Waals surface area contributed by atoms with Crippen LogP contribution in [-0.2, 0) is 22.5 Å². The number of nitrogens with zero attached hydrogens (tertiary/aromatic N) is 4. The molecule has 1 aromatic heterocycles. The highest BCUT2D eigenvalue weighted by Gasteiger charge is 2.25. The normalized spacial score (nSPS) is 16.7. The molecule has 0 radical (unpaired) electrons. The first kappa shape index (κ1) is 26.3. The molecule has 2 N–H and O–H groups in total. The molecular weight excluding hydrogens is 429 g/mol. The Morgan fingerprint density at radius 3 is 2.63 bits per heavy atom. The van der Waals surface area contributed by atoms with Crippen molar-refractivity contribution < 1.29 is 14.1 Å². The highest BCUT2D eigenvalue weighted by molar-refractivity contribution is 5.85. The van der Waals surface area contributed by atoms with Gasteiger partial charge in [-0.25, -0.2) is 0 Å². The summed E-state index contributed by atoms with van der Waals surface area (Å²) in [4.78, 5) is 21.3. The van der Waals surface area contributed by atoms with E-state index in [1.54, 1.807) is 7.11 Å². The lowest BCUT2D eigenvalue weighted by Gasteiger charge is -2.24. The van der Waals surface area contributed by atoms with Gasteiger partial charge >= 0.3 is 0 Å². The van der Waals surface area contributed by atoms with Crippen molar-refractivity contribution in [2.75, 3.05) is 33.3 Å². The second-order valence-corrected chi connectivity index (χ2v) is 7.18. The summed E-state index contributed by atoms with van der Waals surface area (Å²) < 4.78 is 10.5. The monoisotopic (exact) mass is 459 g/mol. The quantitative estimate of drug-likeness (QED) is 0.677. The van der Waals surface area contributed by atoms with Crippen molar-refractivity contribution in [2.24, 2.45) is 5.73 Å². The second-order valence-electron chi connectivity index (χ2n) is 7.18. The Hall–Kier alpha value is -1.71. The van der Waals surface area contributed by atoms with Crippen molar-refractivity contribution in [3.05, 3.63) is 47.6 Å². The molecule has 1 aromatic carbocycles. The number of methoxy groups -OCH3 is 1. The van der Waals surface area contributed by atoms with Crippen LogP contribution in [0.15, 0.2) is 34.9 Å². The Balaban J connectivity index is 0.00000225. The maximum absolute atomic E-state index is 12.8. The summed E-state index contributed by atoms with van der Waals surface area (Å²) in [5.74, 6) is 1.13. The number of ether oxygens (including phenoxy) is 1. The van der Waals surface area contributed by atoms with Crippen LogP contribution in [-0.4, -0.2) is 65.2 Å². The predicted octanol–water partition coefficient (Wildman–Crippen LogP) is 2.22. The predicted molar refractivity (Wildman–Crippen MR) is 119 cm³/mol. The number of aromatic nitrogens is 2. The zero-order valence-electron chi connectivity index (χ0n) is 17.4. The summed E-state index contributed by atoms with van der Waals surface area (Å²) in [6, 6.07) is 9.38. The van der Waals surface area contributed by atoms with Crippen molar-refractivity contribution in [3.8, 4) is 0 Å². The number of hydrogen-bond acceptors (Lipinski definition) is 7. The first-order chi connectivity index (χ1) is 13.6. The number of nitrogens with two attached hydrogens (primary N) is 1. The van der Waals surface area contributed by atoms with Crippen LogP contribution in [0.3, 0.4) is 0 Å². The number of rotatable bonds is 7. The van der Waals surface area contributed by atoms with Crippen LogP contribution in [0.25, 0.3) is 0 Å². The molecule has 2 unspecified atom stereocenters. The van der Waals surface area contributed by atoms with E-state index >= 15 is 0 Å². The van der Waals surface area contributed by atoms with E-state index in [0.29, 0.717) is 37.8 Å². The molecule has 168 valence electrons. The molecule has 3 rings (SSSR count). The van der Waals surface area contributed by atoms with Crippen LogP contribution in [0.2, 0.25) is 0 Å². The van der Waals surface area contributed by atoms with Gasteiger partial charge in [0.15, 0.2) is 5.82 Å². The van der Waals surface area contributed by atoms with Gasteiger partial charge in [-0.1, -0.05) is 35.5 Å². The number of halogens is 2. The van der Waals surface area contributed by atoms with Crippen molar-refractivity contribution in [1.82, 2.24) is 19.9 Å². The fraction of sp³-hybridized carbons (Fsp3) is 0.550. The lowest BCUT2D eigenvalue weighted by molar-refractivity contribution is -0.132. The molecule has 30 heavy (non-hydrogen) atoms. The maximum Gasteiger partial charge on any atom is 0.240 e. The topological polar surface area (TPSA) is 97.7 Å². The van der Waals surface area contributed by atoms with Gasteiger partial charge in [0.2, 0.25) is 11.8 Å². The SMILES string of the molecule is COC(C)c1noc(CN2CCCN(C(=O)C(N)Cc3ccccc3)CC2)n1.Cl.Cl. The van der Waals surface area contributed by atoms with Crippen molar-refractivity contribution in [1.29, 1.82) is 0 Å². The van der Waals surface area contributed by atoms with Crippen LogP contribution in [0.5, 0.6) is 0 Å². The smallest absolute Gasteiger partial charge is 0.240 e. The first-order valence-corrected chi connectivity index (χ1v) is 9.72. The third-order valence-electron chi connectivity index (χ3n) is 5.08. The number of hydrogen-bond donors (Lipinski definition) is 1. The average Bonchev–Trinajstić information content (AvgIpc) is 3.05. The van der Waals surface area contributed by atoms with Gasteiger partial charge in [-0.3, -0.25) is 9.69 Å². The van der Waals surface area contributed by atoms with Gasteiger partial charge in [0.1, 0.15) is 6.10 Å². The Kier molecular flexibility index (Phi) is 11.3. The Morgan fingerprint density at radius 2 is 1.93 bits per heavy atom. The second kappa shape index (κ2) is 12.9. The standard InChI is InChI=1S/C20H29N5O3.2ClH/c1-15(27-2)19-22-18(28-23-19)14-24-9-6-10-25(12-11-24)20(26)17(21)13-16-7-4-3-5-8-16;;/h3-5,7-8,15,17H,6,9-14,21H2,1-2H3;2*1H. The van der Waals surface area contributed by atoms with Crippen LogP contribution in [0.1, 0.15) is 36.7 Å². The molecule has 2 atom stereocenters. The third kappa shape index (κ3) is 7.21. The zero-order chi connectivity index (χ0) is 19.9. The summed E-state index contributed by atoms with van der Waals surface area (Å²) in [5.41, 5.74) is 7.26. The minimum atomic E-state index is -0.511. The fourth-order valence-electron chi connectivity index (χ4n) is 3.33. The molecule has 1 amide bonds. The van der Waals surface area contributed by atoms with Crippen LogP contribution >= 0.6 is 24.8 Å². The molecular formula is C20H31Cl2N5O3. The van der Waals surface area contributed by atoms with Gasteiger partial charge in [0.25, 0.3) is 0 Å². The number of benzene rings is 1. The third-order valence-corrected chi connectivity index (χ3v) is 5.08. The van der Waals surface area contributed by atoms with E-state index in [2.05, 4.69) is 15.0 Å². The van der Waals surface area contributed by atoms with Crippen LogP contribution in [0.4, 0.5) is 0 Å². The van der Waals surface area contributed by atoms with Gasteiger partial charge in [0, 0.05) is 33.3 Å². The number of carbonyl (C=O) groups is 1. The van der Waals surface area contributed by atoms with Gasteiger partial charge in [-0.05, 0) is 25.3 Å². The van der Waals surface area contributed by atoms with Crippen LogP contribution in [0, 0.1) is 0 Å². The lowest BCUT2D eigenvalue weighted by Crippen LogP contribution is -2.46. The molecule has 1 aliphatic heterocycles. The van der Waals surface area contributed by atoms with Crippen molar-refractivity contribution >= 4 is 30.7 Å². The highest BCUT2D eigenvalue weighted by Crippen LogP contribution is 2.14. The molecule has 0 spiro atoms. The van der Waals surface area contributed by atoms with Crippen molar-refractivity contribution in [3.63, 3.8) is 0 Å². The first-order valence-electron chi connectivity index (χ1n) is 9.72. The van der Waals surface area contributed by atoms with Gasteiger partial charge < -0.3 is 19.9 Å². The Labute approximate surface area is 189 Å². The Bertz CT molecular complexity index is 762. The molecule has 1 saturated heterocycles. The molecule has 8 nitrogen and oxygen atoms in total. The number of amides is 1. The molecule has 2 heterocycles. The van der Waals surface area contributed by atoms with E-state index in [4.69, 9.17) is 15.0 Å². The van der Waals surface area contributed by atoms with E-state index in [9.17, 15) is 4.79 Å². The summed E-state index contributed by atoms with van der Waals surface area (Å²) in [6.07, 6.45) is 1.25. The van der Waals surface area contributed by atoms with E-state index in [-0.39, 0.29) is 36.8 Å². The van der Waals surface area contributed by atoms with E-state index in [0.717, 1.165) is 25.1 Å². The molecule has 1 fully saturated rings. The largest absolute Gasteiger partial charge is 0.374 e. The number of carbonyl (C=O) groups excluding carboxylic acids is 1. The molecule has 0 bridgehead atoms. The molecule has 1 aliphatic rings. The summed E-state index contributed by atoms with van der Waals surface area (Å²) in [6.45, 7) is 5.44. The molecule has 2 aromatic rings. The van der Waals surface area contributed by atoms with Gasteiger partial charge in [-0.15, -0.1) is 24.8 Å². The molecule has 0 aliphatic carbocycles.